The van der Waals surface area contributed by atoms with Crippen molar-refractivity contribution in [3.8, 4) is 5.75 Å². The Morgan fingerprint density at radius 2 is 1.67 bits per heavy atom. The summed E-state index contributed by atoms with van der Waals surface area (Å²) in [5.74, 6) is 0.426. The number of hydrogen-bond acceptors (Lipinski definition) is 3. The average molecular weight is 424 g/mol. The lowest BCUT2D eigenvalue weighted by atomic mass is 10.1. The van der Waals surface area contributed by atoms with Gasteiger partial charge in [-0.3, -0.25) is 4.79 Å². The third-order valence-electron chi connectivity index (χ3n) is 4.25. The van der Waals surface area contributed by atoms with Gasteiger partial charge >= 0.3 is 6.03 Å². The highest BCUT2D eigenvalue weighted by atomic mass is 35.5. The smallest absolute Gasteiger partial charge is 0.319 e. The number of nitrogens with one attached hydrogen (secondary N) is 3. The molecule has 0 heterocycles. The number of anilines is 2. The number of carbonyl (C=O) groups is 2. The Hall–Kier alpha value is -3.51. The van der Waals surface area contributed by atoms with Crippen LogP contribution in [0.15, 0.2) is 72.8 Å². The Morgan fingerprint density at radius 1 is 0.933 bits per heavy atom. The van der Waals surface area contributed by atoms with Gasteiger partial charge in [0.15, 0.2) is 0 Å². The summed E-state index contributed by atoms with van der Waals surface area (Å²) in [5, 5.41) is 8.96. The number of ether oxygens (including phenoxy) is 1. The molecule has 0 atom stereocenters. The summed E-state index contributed by atoms with van der Waals surface area (Å²) in [7, 11) is 0. The molecule has 7 heteroatoms. The van der Waals surface area contributed by atoms with Gasteiger partial charge in [-0.25, -0.2) is 4.79 Å². The van der Waals surface area contributed by atoms with Gasteiger partial charge in [0.1, 0.15) is 12.4 Å². The zero-order chi connectivity index (χ0) is 21.3. The van der Waals surface area contributed by atoms with Gasteiger partial charge in [0.2, 0.25) is 0 Å². The van der Waals surface area contributed by atoms with Crippen LogP contribution in [0.4, 0.5) is 16.2 Å². The molecule has 0 aliphatic carbocycles. The van der Waals surface area contributed by atoms with Crippen molar-refractivity contribution in [2.45, 2.75) is 6.92 Å². The zero-order valence-electron chi connectivity index (χ0n) is 16.4. The highest BCUT2D eigenvalue weighted by molar-refractivity contribution is 6.30. The molecule has 0 saturated heterocycles. The topological polar surface area (TPSA) is 79.5 Å². The van der Waals surface area contributed by atoms with Crippen LogP contribution in [0.2, 0.25) is 5.02 Å². The Morgan fingerprint density at radius 3 is 2.40 bits per heavy atom. The van der Waals surface area contributed by atoms with E-state index < -0.39 is 0 Å². The first-order valence-corrected chi connectivity index (χ1v) is 9.79. The van der Waals surface area contributed by atoms with Gasteiger partial charge in [0.05, 0.1) is 6.54 Å². The second-order valence-electron chi connectivity index (χ2n) is 6.53. The minimum Gasteiger partial charge on any atom is -0.492 e. The number of rotatable bonds is 7. The molecular formula is C23H22ClN3O3. The maximum atomic E-state index is 12.5. The molecule has 6 nitrogen and oxygen atoms in total. The molecule has 0 radical (unpaired) electrons. The Labute approximate surface area is 180 Å². The summed E-state index contributed by atoms with van der Waals surface area (Å²) in [6, 6.07) is 21.0. The van der Waals surface area contributed by atoms with Gasteiger partial charge in [0, 0.05) is 22.0 Å². The monoisotopic (exact) mass is 423 g/mol. The van der Waals surface area contributed by atoms with Crippen molar-refractivity contribution in [3.63, 3.8) is 0 Å². The molecule has 154 valence electrons. The molecule has 0 spiro atoms. The summed E-state index contributed by atoms with van der Waals surface area (Å²) in [6.45, 7) is 2.49. The van der Waals surface area contributed by atoms with E-state index in [9.17, 15) is 9.59 Å². The fourth-order valence-corrected chi connectivity index (χ4v) is 2.78. The highest BCUT2D eigenvalue weighted by Crippen LogP contribution is 2.18. The molecule has 0 unspecified atom stereocenters. The Bertz CT molecular complexity index is 1010. The van der Waals surface area contributed by atoms with Gasteiger partial charge in [-0.05, 0) is 61.0 Å². The van der Waals surface area contributed by atoms with Gasteiger partial charge in [-0.2, -0.15) is 0 Å². The third-order valence-corrected chi connectivity index (χ3v) is 4.50. The van der Waals surface area contributed by atoms with E-state index in [1.807, 2.05) is 37.3 Å². The standard InChI is InChI=1S/C23H22ClN3O3/c1-16-7-8-17(22(28)26-19-5-3-2-4-6-19)15-21(16)27-23(29)25-13-14-30-20-11-9-18(24)10-12-20/h2-12,15H,13-14H2,1H3,(H,26,28)(H2,25,27,29). The van der Waals surface area contributed by atoms with Crippen molar-refractivity contribution in [2.75, 3.05) is 23.8 Å². The maximum Gasteiger partial charge on any atom is 0.319 e. The summed E-state index contributed by atoms with van der Waals surface area (Å²) in [6.07, 6.45) is 0. The van der Waals surface area contributed by atoms with E-state index in [2.05, 4.69) is 16.0 Å². The second kappa shape index (κ2) is 10.3. The summed E-state index contributed by atoms with van der Waals surface area (Å²) in [5.41, 5.74) is 2.56. The van der Waals surface area contributed by atoms with Crippen LogP contribution in [0.25, 0.3) is 0 Å². The molecule has 3 N–H and O–H groups in total. The van der Waals surface area contributed by atoms with Crippen molar-refractivity contribution in [2.24, 2.45) is 0 Å². The van der Waals surface area contributed by atoms with Crippen molar-refractivity contribution < 1.29 is 14.3 Å². The number of urea groups is 1. The van der Waals surface area contributed by atoms with Gasteiger partial charge in [-0.1, -0.05) is 35.9 Å². The summed E-state index contributed by atoms with van der Waals surface area (Å²) < 4.78 is 5.54. The maximum absolute atomic E-state index is 12.5. The molecule has 0 saturated carbocycles. The summed E-state index contributed by atoms with van der Waals surface area (Å²) >= 11 is 5.83. The Balaban J connectivity index is 1.51. The second-order valence-corrected chi connectivity index (χ2v) is 6.97. The molecule has 3 aromatic carbocycles. The molecule has 0 aromatic heterocycles. The normalized spacial score (nSPS) is 10.2. The lowest BCUT2D eigenvalue weighted by Gasteiger charge is -2.12. The van der Waals surface area contributed by atoms with Crippen LogP contribution in [0.1, 0.15) is 15.9 Å². The van der Waals surface area contributed by atoms with E-state index in [0.29, 0.717) is 40.9 Å². The minimum absolute atomic E-state index is 0.249. The van der Waals surface area contributed by atoms with E-state index in [1.54, 1.807) is 42.5 Å². The first-order chi connectivity index (χ1) is 14.5. The van der Waals surface area contributed by atoms with Crippen LogP contribution in [0.3, 0.4) is 0 Å². The molecule has 0 fully saturated rings. The van der Waals surface area contributed by atoms with Crippen LogP contribution in [-0.2, 0) is 0 Å². The van der Waals surface area contributed by atoms with Crippen LogP contribution in [0.5, 0.6) is 5.75 Å². The van der Waals surface area contributed by atoms with Crippen LogP contribution in [0, 0.1) is 6.92 Å². The van der Waals surface area contributed by atoms with E-state index in [1.165, 1.54) is 0 Å². The van der Waals surface area contributed by atoms with Crippen molar-refractivity contribution in [1.29, 1.82) is 0 Å². The largest absolute Gasteiger partial charge is 0.492 e. The van der Waals surface area contributed by atoms with Crippen molar-refractivity contribution in [1.82, 2.24) is 5.32 Å². The van der Waals surface area contributed by atoms with Crippen molar-refractivity contribution >= 4 is 34.9 Å². The number of benzene rings is 3. The molecule has 30 heavy (non-hydrogen) atoms. The van der Waals surface area contributed by atoms with E-state index in [0.717, 1.165) is 5.56 Å². The van der Waals surface area contributed by atoms with Crippen LogP contribution < -0.4 is 20.7 Å². The van der Waals surface area contributed by atoms with Crippen LogP contribution in [-0.4, -0.2) is 25.1 Å². The lowest BCUT2D eigenvalue weighted by Crippen LogP contribution is -2.32. The minimum atomic E-state index is -0.376. The molecule has 3 aromatic rings. The lowest BCUT2D eigenvalue weighted by molar-refractivity contribution is 0.102. The average Bonchev–Trinajstić information content (AvgIpc) is 2.75. The molecule has 0 aliphatic rings. The fraction of sp³-hybridized carbons (Fsp3) is 0.130. The predicted molar refractivity (Wildman–Crippen MR) is 120 cm³/mol. The molecular weight excluding hydrogens is 402 g/mol. The summed E-state index contributed by atoms with van der Waals surface area (Å²) in [4.78, 5) is 24.7. The van der Waals surface area contributed by atoms with E-state index >= 15 is 0 Å². The molecule has 0 bridgehead atoms. The van der Waals surface area contributed by atoms with Gasteiger partial charge < -0.3 is 20.7 Å². The van der Waals surface area contributed by atoms with E-state index in [-0.39, 0.29) is 11.9 Å². The number of para-hydroxylation sites is 1. The zero-order valence-corrected chi connectivity index (χ0v) is 17.2. The highest BCUT2D eigenvalue weighted by Gasteiger charge is 2.10. The quantitative estimate of drug-likeness (QED) is 0.462. The first kappa shape index (κ1) is 21.2. The first-order valence-electron chi connectivity index (χ1n) is 9.41. The van der Waals surface area contributed by atoms with Gasteiger partial charge in [0.25, 0.3) is 5.91 Å². The molecule has 3 amide bonds. The molecule has 0 aliphatic heterocycles. The van der Waals surface area contributed by atoms with Crippen LogP contribution >= 0.6 is 11.6 Å². The number of amides is 3. The number of halogens is 1. The number of carbonyl (C=O) groups excluding carboxylic acids is 2. The predicted octanol–water partition coefficient (Wildman–Crippen LogP) is 5.10. The third kappa shape index (κ3) is 6.25. The van der Waals surface area contributed by atoms with Crippen molar-refractivity contribution in [3.05, 3.63) is 88.9 Å². The Kier molecular flexibility index (Phi) is 7.29. The fourth-order valence-electron chi connectivity index (χ4n) is 2.65. The SMILES string of the molecule is Cc1ccc(C(=O)Nc2ccccc2)cc1NC(=O)NCCOc1ccc(Cl)cc1. The molecule has 3 rings (SSSR count). The van der Waals surface area contributed by atoms with Gasteiger partial charge in [-0.15, -0.1) is 0 Å². The number of aryl methyl sites for hydroxylation is 1. The van der Waals surface area contributed by atoms with E-state index in [4.69, 9.17) is 16.3 Å². The number of hydrogen-bond donors (Lipinski definition) is 3.